The fourth-order valence-electron chi connectivity index (χ4n) is 2.70. The largest absolute Gasteiger partial charge is 0.497 e. The van der Waals surface area contributed by atoms with Crippen LogP contribution in [0.3, 0.4) is 0 Å². The fourth-order valence-corrected chi connectivity index (χ4v) is 2.70. The van der Waals surface area contributed by atoms with Crippen LogP contribution < -0.4 is 24.5 Å². The number of benzene rings is 2. The van der Waals surface area contributed by atoms with Crippen LogP contribution in [0.25, 0.3) is 10.9 Å². The molecule has 1 heterocycles. The Labute approximate surface area is 154 Å². The van der Waals surface area contributed by atoms with E-state index in [1.54, 1.807) is 18.2 Å². The summed E-state index contributed by atoms with van der Waals surface area (Å²) in [7, 11) is 5.88. The quantitative estimate of drug-likeness (QED) is 0.664. The van der Waals surface area contributed by atoms with Crippen LogP contribution in [0.1, 0.15) is 16.2 Å². The minimum Gasteiger partial charge on any atom is -0.497 e. The van der Waals surface area contributed by atoms with Crippen LogP contribution in [0, 0.1) is 0 Å². The highest BCUT2D eigenvalue weighted by Gasteiger charge is 2.20. The Morgan fingerprint density at radius 3 is 2.15 bits per heavy atom. The Kier molecular flexibility index (Phi) is 4.98. The number of hydrogen-bond acceptors (Lipinski definition) is 7. The third kappa shape index (κ3) is 3.29. The number of rotatable bonds is 6. The van der Waals surface area contributed by atoms with Crippen LogP contribution in [-0.4, -0.2) is 44.2 Å². The monoisotopic (exact) mass is 370 g/mol. The molecule has 0 bridgehead atoms. The van der Waals surface area contributed by atoms with Crippen LogP contribution in [-0.2, 0) is 0 Å². The van der Waals surface area contributed by atoms with E-state index in [0.29, 0.717) is 33.9 Å². The van der Waals surface area contributed by atoms with E-state index in [2.05, 4.69) is 9.97 Å². The number of ether oxygens (including phenoxy) is 4. The van der Waals surface area contributed by atoms with Gasteiger partial charge >= 0.3 is 0 Å². The van der Waals surface area contributed by atoms with Gasteiger partial charge in [-0.25, -0.2) is 4.98 Å². The minimum absolute atomic E-state index is 0.0908. The highest BCUT2D eigenvalue weighted by atomic mass is 16.5. The van der Waals surface area contributed by atoms with Gasteiger partial charge in [0.25, 0.3) is 5.56 Å². The molecule has 0 unspecified atom stereocenters. The molecule has 1 aromatic heterocycles. The van der Waals surface area contributed by atoms with Crippen LogP contribution in [0.2, 0.25) is 0 Å². The zero-order valence-corrected chi connectivity index (χ0v) is 15.3. The second-order valence-electron chi connectivity index (χ2n) is 5.54. The molecule has 0 amide bonds. The van der Waals surface area contributed by atoms with Gasteiger partial charge in [0, 0.05) is 5.56 Å². The summed E-state index contributed by atoms with van der Waals surface area (Å²) in [6, 6.07) is 7.86. The van der Waals surface area contributed by atoms with Crippen LogP contribution in [0.4, 0.5) is 0 Å². The maximum absolute atomic E-state index is 12.9. The number of nitrogens with zero attached hydrogens (tertiary/aromatic N) is 1. The number of hydrogen-bond donors (Lipinski definition) is 1. The molecular formula is C19H18N2O6. The average molecular weight is 370 g/mol. The van der Waals surface area contributed by atoms with Gasteiger partial charge in [-0.15, -0.1) is 0 Å². The summed E-state index contributed by atoms with van der Waals surface area (Å²) in [5, 5.41) is 0.329. The summed E-state index contributed by atoms with van der Waals surface area (Å²) in [4.78, 5) is 32.1. The molecule has 8 heteroatoms. The lowest BCUT2D eigenvalue weighted by Gasteiger charge is -2.13. The normalized spacial score (nSPS) is 10.5. The van der Waals surface area contributed by atoms with E-state index < -0.39 is 11.3 Å². The smallest absolute Gasteiger partial charge is 0.259 e. The zero-order chi connectivity index (χ0) is 19.6. The Hall–Kier alpha value is -3.55. The molecule has 8 nitrogen and oxygen atoms in total. The Morgan fingerprint density at radius 2 is 1.59 bits per heavy atom. The third-order valence-corrected chi connectivity index (χ3v) is 4.05. The molecule has 0 saturated heterocycles. The summed E-state index contributed by atoms with van der Waals surface area (Å²) in [6.45, 7) is 0. The van der Waals surface area contributed by atoms with Crippen molar-refractivity contribution < 1.29 is 23.7 Å². The molecule has 3 rings (SSSR count). The first kappa shape index (κ1) is 18.2. The molecule has 0 spiro atoms. The van der Waals surface area contributed by atoms with E-state index >= 15 is 0 Å². The molecule has 140 valence electrons. The van der Waals surface area contributed by atoms with Crippen molar-refractivity contribution in [2.45, 2.75) is 0 Å². The lowest BCUT2D eigenvalue weighted by molar-refractivity contribution is 0.102. The van der Waals surface area contributed by atoms with Crippen molar-refractivity contribution in [1.29, 1.82) is 0 Å². The van der Waals surface area contributed by atoms with Gasteiger partial charge in [0.15, 0.2) is 17.3 Å². The molecule has 0 aliphatic heterocycles. The van der Waals surface area contributed by atoms with Crippen molar-refractivity contribution >= 4 is 16.7 Å². The summed E-state index contributed by atoms with van der Waals surface area (Å²) in [5.41, 5.74) is 0.186. The van der Waals surface area contributed by atoms with E-state index in [-0.39, 0.29) is 11.4 Å². The molecule has 3 aromatic rings. The van der Waals surface area contributed by atoms with Gasteiger partial charge in [-0.3, -0.25) is 9.59 Å². The van der Waals surface area contributed by atoms with E-state index in [9.17, 15) is 9.59 Å². The number of nitrogens with one attached hydrogen (secondary N) is 1. The number of fused-ring (bicyclic) bond motifs is 1. The SMILES string of the molecule is COc1ccc2nc(C(=O)c3cc(OC)c(OC)c(OC)c3)[nH]c(=O)c2c1. The number of aromatic amines is 1. The summed E-state index contributed by atoms with van der Waals surface area (Å²) in [6.07, 6.45) is 0. The van der Waals surface area contributed by atoms with Gasteiger partial charge in [0.1, 0.15) is 5.75 Å². The number of ketones is 1. The van der Waals surface area contributed by atoms with E-state index in [4.69, 9.17) is 18.9 Å². The third-order valence-electron chi connectivity index (χ3n) is 4.05. The average Bonchev–Trinajstić information content (AvgIpc) is 2.71. The van der Waals surface area contributed by atoms with Gasteiger partial charge in [-0.05, 0) is 30.3 Å². The first-order chi connectivity index (χ1) is 13.0. The van der Waals surface area contributed by atoms with E-state index in [1.807, 2.05) is 0 Å². The molecule has 0 saturated carbocycles. The number of H-pyrrole nitrogens is 1. The fraction of sp³-hybridized carbons (Fsp3) is 0.211. The standard InChI is InChI=1S/C19H18N2O6/c1-24-11-5-6-13-12(9-11)19(23)21-18(20-13)16(22)10-7-14(25-2)17(27-4)15(8-10)26-3/h5-9H,1-4H3,(H,20,21,23). The molecular weight excluding hydrogens is 352 g/mol. The van der Waals surface area contributed by atoms with Gasteiger partial charge in [0.05, 0.1) is 39.3 Å². The van der Waals surface area contributed by atoms with Crippen molar-refractivity contribution in [3.8, 4) is 23.0 Å². The van der Waals surface area contributed by atoms with Gasteiger partial charge in [-0.2, -0.15) is 0 Å². The van der Waals surface area contributed by atoms with Gasteiger partial charge in [-0.1, -0.05) is 0 Å². The summed E-state index contributed by atoms with van der Waals surface area (Å²) in [5.74, 6) is 0.972. The second kappa shape index (κ2) is 7.36. The minimum atomic E-state index is -0.482. The lowest BCUT2D eigenvalue weighted by Crippen LogP contribution is -2.17. The molecule has 0 atom stereocenters. The van der Waals surface area contributed by atoms with E-state index in [0.717, 1.165) is 0 Å². The Morgan fingerprint density at radius 1 is 0.926 bits per heavy atom. The first-order valence-electron chi connectivity index (χ1n) is 7.95. The van der Waals surface area contributed by atoms with Crippen molar-refractivity contribution in [2.75, 3.05) is 28.4 Å². The van der Waals surface area contributed by atoms with Crippen LogP contribution in [0.5, 0.6) is 23.0 Å². The predicted octanol–water partition coefficient (Wildman–Crippen LogP) is 2.19. The lowest BCUT2D eigenvalue weighted by atomic mass is 10.1. The first-order valence-corrected chi connectivity index (χ1v) is 7.95. The predicted molar refractivity (Wildman–Crippen MR) is 98.4 cm³/mol. The number of carbonyl (C=O) groups is 1. The highest BCUT2D eigenvalue weighted by molar-refractivity contribution is 6.08. The van der Waals surface area contributed by atoms with Crippen LogP contribution >= 0.6 is 0 Å². The molecule has 1 N–H and O–H groups in total. The molecule has 0 aliphatic carbocycles. The molecule has 2 aromatic carbocycles. The Balaban J connectivity index is 2.12. The topological polar surface area (TPSA) is 99.7 Å². The zero-order valence-electron chi connectivity index (χ0n) is 15.3. The summed E-state index contributed by atoms with van der Waals surface area (Å²) >= 11 is 0. The number of methoxy groups -OCH3 is 4. The molecule has 0 fully saturated rings. The molecule has 27 heavy (non-hydrogen) atoms. The van der Waals surface area contributed by atoms with Gasteiger partial charge < -0.3 is 23.9 Å². The maximum Gasteiger partial charge on any atom is 0.259 e. The molecule has 0 radical (unpaired) electrons. The number of carbonyl (C=O) groups excluding carboxylic acids is 1. The Bertz CT molecular complexity index is 1050. The van der Waals surface area contributed by atoms with Gasteiger partial charge in [0.2, 0.25) is 11.5 Å². The summed E-state index contributed by atoms with van der Waals surface area (Å²) < 4.78 is 20.9. The number of aromatic nitrogens is 2. The second-order valence-corrected chi connectivity index (χ2v) is 5.54. The van der Waals surface area contributed by atoms with E-state index in [1.165, 1.54) is 40.6 Å². The van der Waals surface area contributed by atoms with Crippen molar-refractivity contribution in [3.05, 3.63) is 52.1 Å². The highest BCUT2D eigenvalue weighted by Crippen LogP contribution is 2.38. The molecule has 0 aliphatic rings. The maximum atomic E-state index is 12.9. The van der Waals surface area contributed by atoms with Crippen molar-refractivity contribution in [3.63, 3.8) is 0 Å². The van der Waals surface area contributed by atoms with Crippen molar-refractivity contribution in [1.82, 2.24) is 9.97 Å². The van der Waals surface area contributed by atoms with Crippen molar-refractivity contribution in [2.24, 2.45) is 0 Å². The van der Waals surface area contributed by atoms with Crippen LogP contribution in [0.15, 0.2) is 35.1 Å².